The fourth-order valence-corrected chi connectivity index (χ4v) is 0. The van der Waals surface area contributed by atoms with Gasteiger partial charge >= 0.3 is 0 Å². The Morgan fingerprint density at radius 2 is 1.75 bits per heavy atom. The zero-order valence-corrected chi connectivity index (χ0v) is 5.53. The van der Waals surface area contributed by atoms with E-state index in [1.165, 1.54) is 0 Å². The molecule has 0 aromatic heterocycles. The van der Waals surface area contributed by atoms with Crippen LogP contribution in [0.15, 0.2) is 17.9 Å². The van der Waals surface area contributed by atoms with E-state index in [1.807, 2.05) is 12.2 Å². The van der Waals surface area contributed by atoms with Gasteiger partial charge in [-0.25, -0.2) is 0 Å². The van der Waals surface area contributed by atoms with Gasteiger partial charge in [-0.2, -0.15) is 0 Å². The Bertz CT molecular complexity index is 55.3. The minimum atomic E-state index is 0. The second-order valence-corrected chi connectivity index (χ2v) is 0.500. The molecule has 0 fully saturated rings. The summed E-state index contributed by atoms with van der Waals surface area (Å²) in [7, 11) is 0. The molecule has 0 nitrogen and oxygen atoms in total. The van der Waals surface area contributed by atoms with E-state index < -0.39 is 0 Å². The van der Waals surface area contributed by atoms with Crippen molar-refractivity contribution in [3.63, 3.8) is 0 Å². The topological polar surface area (TPSA) is 0 Å². The fourth-order valence-electron chi connectivity index (χ4n) is 0. The molecule has 0 aliphatic heterocycles. The van der Waals surface area contributed by atoms with Crippen molar-refractivity contribution in [1.82, 2.24) is 0 Å². The molecule has 0 aromatic rings. The molecule has 0 spiro atoms. The molecule has 0 saturated heterocycles. The monoisotopic (exact) mass is 155 g/mol. The van der Waals surface area contributed by atoms with Crippen LogP contribution in [0, 0.1) is 0 Å². The van der Waals surface area contributed by atoms with Gasteiger partial charge in [0.1, 0.15) is 0 Å². The molecule has 0 N–H and O–H groups in total. The molecule has 3 radical (unpaired) electrons. The van der Waals surface area contributed by atoms with Gasteiger partial charge in [0.25, 0.3) is 0 Å². The smallest absolute Gasteiger partial charge is 0 e. The van der Waals surface area contributed by atoms with Crippen LogP contribution in [0.2, 0.25) is 0 Å². The standard InChI is InChI=1S/C3H2.In.H2/c1-2-3-1;;/h1-2H;;1H. The van der Waals surface area contributed by atoms with Crippen LogP contribution in [0.4, 0.5) is 0 Å². The van der Waals surface area contributed by atoms with E-state index in [1.54, 1.807) is 0 Å². The normalized spacial score (nSPS) is 10.0. The average Bonchev–Trinajstić information content (AvgIpc) is 1.46. The summed E-state index contributed by atoms with van der Waals surface area (Å²) in [6.07, 6.45) is 3.75. The molecule has 0 unspecified atom stereocenters. The maximum Gasteiger partial charge on any atom is 0 e. The maximum absolute atomic E-state index is 2.75. The maximum atomic E-state index is 2.75. The van der Waals surface area contributed by atoms with Crippen molar-refractivity contribution in [2.75, 3.05) is 0 Å². The van der Waals surface area contributed by atoms with E-state index in [0.717, 1.165) is 0 Å². The van der Waals surface area contributed by atoms with Gasteiger partial charge < -0.3 is 0 Å². The first kappa shape index (κ1) is 4.39. The Morgan fingerprint density at radius 1 is 1.50 bits per heavy atom. The molecule has 0 atom stereocenters. The molecule has 0 amide bonds. The molecule has 1 aliphatic rings. The largest absolute Gasteiger partial charge is 0.120 e. The van der Waals surface area contributed by atoms with Crippen LogP contribution < -0.4 is 0 Å². The van der Waals surface area contributed by atoms with Crippen LogP contribution in [0.1, 0.15) is 1.43 Å². The first-order valence-electron chi connectivity index (χ1n) is 0.911. The minimum absolute atomic E-state index is 0. The summed E-state index contributed by atoms with van der Waals surface area (Å²) >= 11 is 0. The summed E-state index contributed by atoms with van der Waals surface area (Å²) in [6, 6.07) is 0. The van der Waals surface area contributed by atoms with Crippen molar-refractivity contribution in [3.8, 4) is 0 Å². The average molecular weight is 155 g/mol. The van der Waals surface area contributed by atoms with Crippen LogP contribution in [-0.4, -0.2) is 25.8 Å². The Balaban J connectivity index is 0. The third-order valence-corrected chi connectivity index (χ3v) is 0.167. The molecule has 1 aliphatic carbocycles. The first-order valence-corrected chi connectivity index (χ1v) is 0.911. The van der Waals surface area contributed by atoms with Gasteiger partial charge in [0.05, 0.1) is 0 Å². The zero-order valence-electron chi connectivity index (χ0n) is 2.23. The van der Waals surface area contributed by atoms with Gasteiger partial charge in [-0.05, 0) is 12.2 Å². The molecule has 0 saturated carbocycles. The van der Waals surface area contributed by atoms with Crippen molar-refractivity contribution >= 4 is 25.8 Å². The Hall–Kier alpha value is 0.390. The van der Waals surface area contributed by atoms with Crippen LogP contribution in [0.3, 0.4) is 0 Å². The van der Waals surface area contributed by atoms with Gasteiger partial charge in [0, 0.05) is 27.3 Å². The molecule has 1 rings (SSSR count). The van der Waals surface area contributed by atoms with Gasteiger partial charge in [-0.15, -0.1) is 5.73 Å². The summed E-state index contributed by atoms with van der Waals surface area (Å²) in [5, 5.41) is 0. The summed E-state index contributed by atoms with van der Waals surface area (Å²) < 4.78 is 0. The Morgan fingerprint density at radius 3 is 1.75 bits per heavy atom. The molecule has 4 heavy (non-hydrogen) atoms. The number of hydrogen-bond acceptors (Lipinski definition) is 0. The van der Waals surface area contributed by atoms with Crippen molar-refractivity contribution in [3.05, 3.63) is 17.9 Å². The number of rotatable bonds is 0. The molecular formula is C3H4In. The molecule has 0 bridgehead atoms. The summed E-state index contributed by atoms with van der Waals surface area (Å²) in [5.74, 6) is 0. The minimum Gasteiger partial charge on any atom is -0.120 e. The molecule has 0 heterocycles. The molecular weight excluding hydrogens is 151 g/mol. The van der Waals surface area contributed by atoms with Crippen molar-refractivity contribution in [1.29, 1.82) is 0 Å². The van der Waals surface area contributed by atoms with Crippen LogP contribution in [-0.2, 0) is 0 Å². The van der Waals surface area contributed by atoms with Gasteiger partial charge in [0.2, 0.25) is 0 Å². The first-order chi connectivity index (χ1) is 1.50. The predicted octanol–water partition coefficient (Wildman–Crippen LogP) is 0.576. The Labute approximate surface area is 45.5 Å². The molecule has 0 aromatic carbocycles. The van der Waals surface area contributed by atoms with Gasteiger partial charge in [-0.1, -0.05) is 0 Å². The van der Waals surface area contributed by atoms with Gasteiger partial charge in [0.15, 0.2) is 0 Å². The molecule has 1 heteroatoms. The summed E-state index contributed by atoms with van der Waals surface area (Å²) in [5.41, 5.74) is 2.75. The van der Waals surface area contributed by atoms with Crippen molar-refractivity contribution in [2.45, 2.75) is 0 Å². The second kappa shape index (κ2) is 1.69. The van der Waals surface area contributed by atoms with Crippen molar-refractivity contribution < 1.29 is 1.43 Å². The number of hydrogen-bond donors (Lipinski definition) is 0. The van der Waals surface area contributed by atoms with E-state index in [2.05, 4.69) is 5.73 Å². The van der Waals surface area contributed by atoms with Crippen LogP contribution in [0.5, 0.6) is 0 Å². The quantitative estimate of drug-likeness (QED) is 0.448. The van der Waals surface area contributed by atoms with Crippen LogP contribution in [0.25, 0.3) is 0 Å². The summed E-state index contributed by atoms with van der Waals surface area (Å²) in [4.78, 5) is 0. The molecule has 19 valence electrons. The zero-order chi connectivity index (χ0) is 2.12. The Kier molecular flexibility index (Phi) is 1.85. The third kappa shape index (κ3) is 2.39. The van der Waals surface area contributed by atoms with Gasteiger partial charge in [-0.3, -0.25) is 0 Å². The fraction of sp³-hybridized carbons (Fsp3) is 0. The van der Waals surface area contributed by atoms with E-state index in [4.69, 9.17) is 0 Å². The van der Waals surface area contributed by atoms with E-state index in [-0.39, 0.29) is 27.3 Å². The third-order valence-electron chi connectivity index (χ3n) is 0.167. The number of allylic oxidation sites excluding steroid dienone is 1. The van der Waals surface area contributed by atoms with E-state index >= 15 is 0 Å². The van der Waals surface area contributed by atoms with Crippen LogP contribution >= 0.6 is 0 Å². The van der Waals surface area contributed by atoms with E-state index in [9.17, 15) is 0 Å². The van der Waals surface area contributed by atoms with Crippen molar-refractivity contribution in [2.24, 2.45) is 0 Å². The second-order valence-electron chi connectivity index (χ2n) is 0.500. The summed E-state index contributed by atoms with van der Waals surface area (Å²) in [6.45, 7) is 0. The SMILES string of the molecule is C1=CC=1.[HH].[In]. The predicted molar refractivity (Wildman–Crippen MR) is 20.5 cm³/mol. The van der Waals surface area contributed by atoms with E-state index in [0.29, 0.717) is 0 Å².